The first kappa shape index (κ1) is 20.9. The first-order chi connectivity index (χ1) is 11.9. The van der Waals surface area contributed by atoms with Crippen LogP contribution in [0.5, 0.6) is 0 Å². The maximum Gasteiger partial charge on any atom is 0.508 e. The van der Waals surface area contributed by atoms with Crippen molar-refractivity contribution >= 4 is 70.5 Å². The molecule has 2 aliphatic rings. The van der Waals surface area contributed by atoms with Gasteiger partial charge >= 0.3 is 12.1 Å². The predicted octanol–water partition coefficient (Wildman–Crippen LogP) is 1.82. The molecule has 2 N–H and O–H groups in total. The first-order valence-corrected chi connectivity index (χ1v) is 9.08. The van der Waals surface area contributed by atoms with Gasteiger partial charge in [-0.3, -0.25) is 14.5 Å². The molecule has 0 bridgehead atoms. The Morgan fingerprint density at radius 2 is 2.00 bits per heavy atom. The monoisotopic (exact) mass is 446 g/mol. The third-order valence-electron chi connectivity index (χ3n) is 3.41. The van der Waals surface area contributed by atoms with Gasteiger partial charge in [0.2, 0.25) is 15.6 Å². The van der Waals surface area contributed by atoms with E-state index in [9.17, 15) is 24.3 Å². The number of alkyl halides is 3. The second-order valence-corrected chi connectivity index (χ2v) is 9.03. The van der Waals surface area contributed by atoms with Crippen LogP contribution < -0.4 is 5.32 Å². The number of hydrogen-bond donors (Lipinski definition) is 2. The maximum atomic E-state index is 12.3. The number of carboxylic acids is 1. The minimum Gasteiger partial charge on any atom is -0.476 e. The molecule has 0 radical (unpaired) electrons. The van der Waals surface area contributed by atoms with Crippen molar-refractivity contribution < 1.29 is 33.8 Å². The number of aliphatic carboxylic acids is 1. The molecule has 2 aliphatic heterocycles. The summed E-state index contributed by atoms with van der Waals surface area (Å²) in [5.74, 6) is -3.20. The van der Waals surface area contributed by atoms with Crippen molar-refractivity contribution in [3.8, 4) is 0 Å². The highest BCUT2D eigenvalue weighted by atomic mass is 35.6. The second kappa shape index (κ2) is 7.71. The molecule has 2 heterocycles. The predicted molar refractivity (Wildman–Crippen MR) is 92.4 cm³/mol. The van der Waals surface area contributed by atoms with Gasteiger partial charge in [0, 0.05) is 6.92 Å². The quantitative estimate of drug-likeness (QED) is 0.372. The van der Waals surface area contributed by atoms with Crippen LogP contribution in [0.1, 0.15) is 13.8 Å². The van der Waals surface area contributed by atoms with E-state index in [1.165, 1.54) is 13.8 Å². The number of nitrogens with zero attached hydrogens (tertiary/aromatic N) is 1. The fourth-order valence-corrected chi connectivity index (χ4v) is 4.12. The highest BCUT2D eigenvalue weighted by molar-refractivity contribution is 8.04. The van der Waals surface area contributed by atoms with Crippen LogP contribution in [0.15, 0.2) is 10.7 Å². The fourth-order valence-electron chi connectivity index (χ4n) is 2.42. The molecule has 0 saturated carbocycles. The Morgan fingerprint density at radius 1 is 1.38 bits per heavy atom. The van der Waals surface area contributed by atoms with Gasteiger partial charge in [0.25, 0.3) is 0 Å². The molecule has 2 amide bonds. The number of nitrogens with one attached hydrogen (secondary N) is 1. The number of amides is 2. The average molecular weight is 448 g/mol. The summed E-state index contributed by atoms with van der Waals surface area (Å²) in [5.41, 5.74) is -0.317. The first-order valence-electron chi connectivity index (χ1n) is 7.07. The highest BCUT2D eigenvalue weighted by Gasteiger charge is 2.59. The Hall–Kier alpha value is -1.36. The van der Waals surface area contributed by atoms with Crippen LogP contribution in [0.2, 0.25) is 0 Å². The molecule has 0 aliphatic carbocycles. The van der Waals surface area contributed by atoms with E-state index in [4.69, 9.17) is 39.5 Å². The average Bonchev–Trinajstić information content (AvgIpc) is 2.78. The minimum absolute atomic E-state index is 0.0526. The van der Waals surface area contributed by atoms with E-state index in [0.717, 1.165) is 16.7 Å². The van der Waals surface area contributed by atoms with E-state index in [2.05, 4.69) is 10.1 Å². The number of hydrogen-bond acceptors (Lipinski definition) is 7. The number of halogens is 3. The summed E-state index contributed by atoms with van der Waals surface area (Å²) in [4.78, 5) is 47.6. The molecule has 0 aromatic carbocycles. The van der Waals surface area contributed by atoms with Crippen molar-refractivity contribution in [2.75, 3.05) is 6.61 Å². The minimum atomic E-state index is -1.81. The lowest BCUT2D eigenvalue weighted by Gasteiger charge is -2.44. The van der Waals surface area contributed by atoms with Crippen LogP contribution in [0.25, 0.3) is 0 Å². The summed E-state index contributed by atoms with van der Waals surface area (Å²) >= 11 is 17.3. The number of thioether (sulfide) groups is 1. The van der Waals surface area contributed by atoms with Crippen LogP contribution in [0.4, 0.5) is 4.79 Å². The van der Waals surface area contributed by atoms with Crippen LogP contribution in [0.3, 0.4) is 0 Å². The van der Waals surface area contributed by atoms with Crippen molar-refractivity contribution in [3.63, 3.8) is 0 Å². The third kappa shape index (κ3) is 4.48. The molecule has 1 saturated heterocycles. The van der Waals surface area contributed by atoms with Gasteiger partial charge in [-0.15, -0.1) is 0 Å². The Kier molecular flexibility index (Phi) is 6.21. The van der Waals surface area contributed by atoms with E-state index >= 15 is 0 Å². The van der Waals surface area contributed by atoms with Crippen LogP contribution >= 0.6 is 46.6 Å². The molecule has 2 rings (SSSR count). The Morgan fingerprint density at radius 3 is 2.50 bits per heavy atom. The largest absolute Gasteiger partial charge is 0.508 e. The van der Waals surface area contributed by atoms with Crippen molar-refractivity contribution in [2.45, 2.75) is 29.1 Å². The number of fused-ring (bicyclic) bond motifs is 1. The lowest BCUT2D eigenvalue weighted by Crippen LogP contribution is -2.61. The van der Waals surface area contributed by atoms with Crippen molar-refractivity contribution in [2.24, 2.45) is 5.92 Å². The molecule has 144 valence electrons. The van der Waals surface area contributed by atoms with Crippen LogP contribution in [0, 0.1) is 5.92 Å². The highest BCUT2D eigenvalue weighted by Crippen LogP contribution is 2.49. The summed E-state index contributed by atoms with van der Waals surface area (Å²) < 4.78 is 7.81. The number of β-lactam (4-membered cyclic amide) rings is 1. The molecular weight excluding hydrogens is 435 g/mol. The van der Waals surface area contributed by atoms with Gasteiger partial charge in [-0.05, 0) is 6.92 Å². The van der Waals surface area contributed by atoms with Gasteiger partial charge < -0.3 is 19.9 Å². The zero-order chi connectivity index (χ0) is 19.8. The lowest BCUT2D eigenvalue weighted by molar-refractivity contribution is -0.157. The van der Waals surface area contributed by atoms with E-state index in [1.807, 2.05) is 0 Å². The van der Waals surface area contributed by atoms with Gasteiger partial charge in [0.15, 0.2) is 5.70 Å². The Labute approximate surface area is 166 Å². The molecule has 9 nitrogen and oxygen atoms in total. The number of carboxylic acid groups (broad SMARTS) is 1. The Bertz CT molecular complexity index is 694. The molecule has 3 atom stereocenters. The summed E-state index contributed by atoms with van der Waals surface area (Å²) in [6, 6.07) is 0. The number of carbonyl (C=O) groups excluding carboxylic acids is 3. The normalized spacial score (nSPS) is 23.1. The van der Waals surface area contributed by atoms with Crippen LogP contribution in [-0.2, 0) is 23.9 Å². The van der Waals surface area contributed by atoms with Crippen LogP contribution in [-0.4, -0.2) is 55.8 Å². The lowest BCUT2D eigenvalue weighted by atomic mass is 9.92. The SMILES string of the molecule is CC(=O)NC1=C(C(=O)O)N2C(=O)[C@H](C(C)OC(=O)OCC(Cl)(Cl)Cl)[C@H]2S1. The summed E-state index contributed by atoms with van der Waals surface area (Å²) in [6.07, 6.45) is -2.06. The molecule has 13 heteroatoms. The van der Waals surface area contributed by atoms with E-state index in [1.54, 1.807) is 0 Å². The van der Waals surface area contributed by atoms with E-state index < -0.39 is 51.7 Å². The van der Waals surface area contributed by atoms with E-state index in [0.29, 0.717) is 0 Å². The number of rotatable bonds is 5. The number of ether oxygens (including phenoxy) is 2. The molecule has 1 fully saturated rings. The standard InChI is InChI=1S/C13H13Cl3N2O7S/c1-4(25-12(23)24-3-13(14,15)16)6-9(20)18-7(11(21)22)8(17-5(2)19)26-10(6)18/h4,6,10H,3H2,1-2H3,(H,17,19)(H,21,22)/t4?,6-,10+/m0/s1. The molecule has 26 heavy (non-hydrogen) atoms. The summed E-state index contributed by atoms with van der Waals surface area (Å²) in [5, 5.41) is 11.1. The summed E-state index contributed by atoms with van der Waals surface area (Å²) in [6.45, 7) is 2.13. The molecule has 0 spiro atoms. The zero-order valence-electron chi connectivity index (χ0n) is 13.3. The van der Waals surface area contributed by atoms with Gasteiger partial charge in [-0.25, -0.2) is 9.59 Å². The van der Waals surface area contributed by atoms with Gasteiger partial charge in [0.1, 0.15) is 29.0 Å². The molecular formula is C13H13Cl3N2O7S. The van der Waals surface area contributed by atoms with Crippen molar-refractivity contribution in [3.05, 3.63) is 10.7 Å². The van der Waals surface area contributed by atoms with Gasteiger partial charge in [-0.2, -0.15) is 0 Å². The fraction of sp³-hybridized carbons (Fsp3) is 0.538. The van der Waals surface area contributed by atoms with Crippen molar-refractivity contribution in [1.29, 1.82) is 0 Å². The van der Waals surface area contributed by atoms with Crippen molar-refractivity contribution in [1.82, 2.24) is 10.2 Å². The second-order valence-electron chi connectivity index (χ2n) is 5.38. The molecule has 0 aromatic rings. The number of carbonyl (C=O) groups is 4. The zero-order valence-corrected chi connectivity index (χ0v) is 16.4. The van der Waals surface area contributed by atoms with Gasteiger partial charge in [0.05, 0.1) is 0 Å². The Balaban J connectivity index is 2.03. The van der Waals surface area contributed by atoms with Gasteiger partial charge in [-0.1, -0.05) is 46.6 Å². The smallest absolute Gasteiger partial charge is 0.476 e. The topological polar surface area (TPSA) is 122 Å². The molecule has 0 aromatic heterocycles. The third-order valence-corrected chi connectivity index (χ3v) is 5.02. The summed E-state index contributed by atoms with van der Waals surface area (Å²) in [7, 11) is 0. The van der Waals surface area contributed by atoms with E-state index in [-0.39, 0.29) is 10.7 Å². The molecule has 1 unspecified atom stereocenters. The maximum absolute atomic E-state index is 12.3.